The number of unbranched alkanes of at least 4 members (excludes halogenated alkanes) is 1. The Kier molecular flexibility index (Phi) is 5.03. The van der Waals surface area contributed by atoms with Gasteiger partial charge < -0.3 is 9.64 Å². The predicted molar refractivity (Wildman–Crippen MR) is 92.1 cm³/mol. The van der Waals surface area contributed by atoms with Crippen molar-refractivity contribution in [2.45, 2.75) is 38.6 Å². The van der Waals surface area contributed by atoms with Crippen LogP contribution in [0.15, 0.2) is 42.0 Å². The zero-order valence-electron chi connectivity index (χ0n) is 14.4. The maximum atomic E-state index is 12.9. The largest absolute Gasteiger partial charge is 0.467 e. The lowest BCUT2D eigenvalue weighted by Crippen LogP contribution is -2.37. The Balaban J connectivity index is 1.81. The summed E-state index contributed by atoms with van der Waals surface area (Å²) in [5.41, 5.74) is 2.22. The van der Waals surface area contributed by atoms with E-state index in [4.69, 9.17) is 4.74 Å². The zero-order chi connectivity index (χ0) is 17.1. The predicted octanol–water partition coefficient (Wildman–Crippen LogP) is 3.50. The standard InChI is InChI=1S/C20H25NO3/c1-3-4-8-14-11-16-13-21(19(22)17(16)12-14)18(20(23)24-2)15-9-6-5-7-10-15/h5-7,9-10,12,16-18H,3-4,8,11,13H2,1-2H3/t16?,17?,18-/m0/s1. The lowest BCUT2D eigenvalue weighted by atomic mass is 9.98. The molecule has 0 bridgehead atoms. The number of rotatable bonds is 6. The van der Waals surface area contributed by atoms with E-state index in [9.17, 15) is 9.59 Å². The molecule has 1 aromatic carbocycles. The number of nitrogens with zero attached hydrogens (tertiary/aromatic N) is 1. The number of hydrogen-bond acceptors (Lipinski definition) is 3. The van der Waals surface area contributed by atoms with Crippen molar-refractivity contribution in [3.8, 4) is 0 Å². The number of allylic oxidation sites excluding steroid dienone is 1. The fraction of sp³-hybridized carbons (Fsp3) is 0.500. The Morgan fingerprint density at radius 1 is 1.33 bits per heavy atom. The molecule has 3 atom stereocenters. The molecule has 1 aromatic rings. The third-order valence-electron chi connectivity index (χ3n) is 5.15. The number of benzene rings is 1. The normalized spacial score (nSPS) is 23.8. The molecule has 0 spiro atoms. The maximum absolute atomic E-state index is 12.9. The number of esters is 1. The smallest absolute Gasteiger partial charge is 0.333 e. The van der Waals surface area contributed by atoms with Crippen LogP contribution in [0.2, 0.25) is 0 Å². The summed E-state index contributed by atoms with van der Waals surface area (Å²) >= 11 is 0. The fourth-order valence-corrected chi connectivity index (χ4v) is 3.92. The first-order valence-electron chi connectivity index (χ1n) is 8.78. The first kappa shape index (κ1) is 16.7. The number of carbonyl (C=O) groups excluding carboxylic acids is 2. The van der Waals surface area contributed by atoms with Gasteiger partial charge in [0, 0.05) is 6.54 Å². The van der Waals surface area contributed by atoms with E-state index in [0.29, 0.717) is 12.5 Å². The summed E-state index contributed by atoms with van der Waals surface area (Å²) < 4.78 is 4.98. The number of hydrogen-bond donors (Lipinski definition) is 0. The number of methoxy groups -OCH3 is 1. The van der Waals surface area contributed by atoms with Gasteiger partial charge in [0.25, 0.3) is 0 Å². The molecule has 2 aliphatic rings. The topological polar surface area (TPSA) is 46.6 Å². The quantitative estimate of drug-likeness (QED) is 0.593. The Bertz CT molecular complexity index is 638. The number of likely N-dealkylation sites (tertiary alicyclic amines) is 1. The molecule has 1 saturated heterocycles. The van der Waals surface area contributed by atoms with Crippen LogP contribution in [0.25, 0.3) is 0 Å². The Labute approximate surface area is 143 Å². The highest BCUT2D eigenvalue weighted by Gasteiger charge is 2.47. The second kappa shape index (κ2) is 7.20. The van der Waals surface area contributed by atoms with E-state index >= 15 is 0 Å². The number of ether oxygens (including phenoxy) is 1. The first-order chi connectivity index (χ1) is 11.7. The van der Waals surface area contributed by atoms with Gasteiger partial charge in [-0.3, -0.25) is 4.79 Å². The lowest BCUT2D eigenvalue weighted by Gasteiger charge is -2.27. The second-order valence-electron chi connectivity index (χ2n) is 6.75. The van der Waals surface area contributed by atoms with Crippen LogP contribution in [-0.4, -0.2) is 30.4 Å². The molecule has 0 saturated carbocycles. The molecule has 0 N–H and O–H groups in total. The Morgan fingerprint density at radius 3 is 2.71 bits per heavy atom. The van der Waals surface area contributed by atoms with E-state index < -0.39 is 6.04 Å². The van der Waals surface area contributed by atoms with Gasteiger partial charge in [0.2, 0.25) is 5.91 Å². The lowest BCUT2D eigenvalue weighted by molar-refractivity contribution is -0.152. The zero-order valence-corrected chi connectivity index (χ0v) is 14.4. The minimum Gasteiger partial charge on any atom is -0.467 e. The van der Waals surface area contributed by atoms with Crippen LogP contribution in [0.4, 0.5) is 0 Å². The van der Waals surface area contributed by atoms with E-state index in [0.717, 1.165) is 18.4 Å². The molecule has 0 radical (unpaired) electrons. The van der Waals surface area contributed by atoms with Crippen molar-refractivity contribution < 1.29 is 14.3 Å². The summed E-state index contributed by atoms with van der Waals surface area (Å²) in [5.74, 6) is -0.0663. The van der Waals surface area contributed by atoms with Crippen LogP contribution >= 0.6 is 0 Å². The molecule has 1 fully saturated rings. The van der Waals surface area contributed by atoms with Crippen molar-refractivity contribution in [1.82, 2.24) is 4.90 Å². The molecule has 0 aromatic heterocycles. The van der Waals surface area contributed by atoms with Gasteiger partial charge in [-0.1, -0.05) is 55.3 Å². The van der Waals surface area contributed by atoms with Gasteiger partial charge in [-0.15, -0.1) is 0 Å². The van der Waals surface area contributed by atoms with Gasteiger partial charge in [-0.2, -0.15) is 0 Å². The molecule has 4 heteroatoms. The van der Waals surface area contributed by atoms with Crippen molar-refractivity contribution in [3.63, 3.8) is 0 Å². The van der Waals surface area contributed by atoms with Crippen LogP contribution in [-0.2, 0) is 14.3 Å². The molecule has 1 heterocycles. The summed E-state index contributed by atoms with van der Waals surface area (Å²) in [7, 11) is 1.38. The molecule has 2 unspecified atom stereocenters. The van der Waals surface area contributed by atoms with E-state index in [-0.39, 0.29) is 17.8 Å². The monoisotopic (exact) mass is 327 g/mol. The molecule has 1 aliphatic heterocycles. The van der Waals surface area contributed by atoms with Crippen molar-refractivity contribution >= 4 is 11.9 Å². The van der Waals surface area contributed by atoms with Crippen LogP contribution < -0.4 is 0 Å². The van der Waals surface area contributed by atoms with E-state index in [1.165, 1.54) is 25.5 Å². The Morgan fingerprint density at radius 2 is 2.08 bits per heavy atom. The van der Waals surface area contributed by atoms with Crippen LogP contribution in [0.5, 0.6) is 0 Å². The number of fused-ring (bicyclic) bond motifs is 1. The highest BCUT2D eigenvalue weighted by Crippen LogP contribution is 2.42. The third kappa shape index (κ3) is 3.10. The summed E-state index contributed by atoms with van der Waals surface area (Å²) in [6.45, 7) is 2.81. The maximum Gasteiger partial charge on any atom is 0.333 e. The molecule has 128 valence electrons. The molecule has 24 heavy (non-hydrogen) atoms. The second-order valence-corrected chi connectivity index (χ2v) is 6.75. The van der Waals surface area contributed by atoms with E-state index in [1.54, 1.807) is 4.90 Å². The highest BCUT2D eigenvalue weighted by molar-refractivity contribution is 5.90. The first-order valence-corrected chi connectivity index (χ1v) is 8.78. The van der Waals surface area contributed by atoms with Crippen LogP contribution in [0.3, 0.4) is 0 Å². The van der Waals surface area contributed by atoms with Crippen LogP contribution in [0, 0.1) is 11.8 Å². The summed E-state index contributed by atoms with van der Waals surface area (Å²) in [6.07, 6.45) is 6.58. The minimum absolute atomic E-state index is 0.0609. The average molecular weight is 327 g/mol. The van der Waals surface area contributed by atoms with Gasteiger partial charge in [0.1, 0.15) is 0 Å². The number of carbonyl (C=O) groups is 2. The van der Waals surface area contributed by atoms with Gasteiger partial charge >= 0.3 is 5.97 Å². The van der Waals surface area contributed by atoms with Gasteiger partial charge in [0.15, 0.2) is 6.04 Å². The van der Waals surface area contributed by atoms with E-state index in [2.05, 4.69) is 13.0 Å². The van der Waals surface area contributed by atoms with Crippen LogP contribution in [0.1, 0.15) is 44.2 Å². The van der Waals surface area contributed by atoms with E-state index in [1.807, 2.05) is 30.3 Å². The minimum atomic E-state index is -0.637. The fourth-order valence-electron chi connectivity index (χ4n) is 3.92. The van der Waals surface area contributed by atoms with Gasteiger partial charge in [0.05, 0.1) is 13.0 Å². The van der Waals surface area contributed by atoms with Crippen molar-refractivity contribution in [2.75, 3.05) is 13.7 Å². The van der Waals surface area contributed by atoms with Crippen molar-refractivity contribution in [1.29, 1.82) is 0 Å². The molecule has 1 amide bonds. The van der Waals surface area contributed by atoms with Gasteiger partial charge in [-0.05, 0) is 30.7 Å². The average Bonchev–Trinajstić information content (AvgIpc) is 3.14. The van der Waals surface area contributed by atoms with Crippen molar-refractivity contribution in [3.05, 3.63) is 47.5 Å². The summed E-state index contributed by atoms with van der Waals surface area (Å²) in [6, 6.07) is 8.80. The summed E-state index contributed by atoms with van der Waals surface area (Å²) in [5, 5.41) is 0. The highest BCUT2D eigenvalue weighted by atomic mass is 16.5. The Hall–Kier alpha value is -2.10. The molecule has 1 aliphatic carbocycles. The summed E-state index contributed by atoms with van der Waals surface area (Å²) in [4.78, 5) is 27.0. The molecular formula is C20H25NO3. The van der Waals surface area contributed by atoms with Gasteiger partial charge in [-0.25, -0.2) is 4.79 Å². The SMILES string of the molecule is CCCCC1=CC2C(=O)N([C@H](C(=O)OC)c3ccccc3)CC2C1. The molecular weight excluding hydrogens is 302 g/mol. The van der Waals surface area contributed by atoms with Crippen molar-refractivity contribution in [2.24, 2.45) is 11.8 Å². The molecule has 4 nitrogen and oxygen atoms in total. The molecule has 3 rings (SSSR count). The number of amides is 1. The third-order valence-corrected chi connectivity index (χ3v) is 5.15.